The van der Waals surface area contributed by atoms with E-state index in [0.29, 0.717) is 18.8 Å². The molecule has 2 aromatic rings. The zero-order valence-corrected chi connectivity index (χ0v) is 18.1. The van der Waals surface area contributed by atoms with Crippen LogP contribution in [-0.2, 0) is 13.0 Å². The number of nitrogens with two attached hydrogens (primary N) is 1. The van der Waals surface area contributed by atoms with Crippen molar-refractivity contribution in [3.63, 3.8) is 0 Å². The lowest BCUT2D eigenvalue weighted by atomic mass is 9.97. The molecule has 29 heavy (non-hydrogen) atoms. The summed E-state index contributed by atoms with van der Waals surface area (Å²) >= 11 is 0. The Hall–Kier alpha value is -2.47. The van der Waals surface area contributed by atoms with Crippen LogP contribution < -0.4 is 15.2 Å². The smallest absolute Gasteiger partial charge is 0.251 e. The van der Waals surface area contributed by atoms with E-state index >= 15 is 0 Å². The molecule has 2 heterocycles. The average Bonchev–Trinajstić information content (AvgIpc) is 2.97. The minimum absolute atomic E-state index is 0.378. The number of ether oxygens (including phenoxy) is 2. The number of nitrogens with zero attached hydrogens (tertiary/aromatic N) is 2. The molecule has 3 rings (SSSR count). The number of primary amides is 1. The van der Waals surface area contributed by atoms with Crippen molar-refractivity contribution in [1.29, 1.82) is 0 Å². The van der Waals surface area contributed by atoms with Gasteiger partial charge in [-0.2, -0.15) is 0 Å². The zero-order chi connectivity index (χ0) is 21.0. The van der Waals surface area contributed by atoms with Crippen LogP contribution in [0.15, 0.2) is 18.2 Å². The van der Waals surface area contributed by atoms with Gasteiger partial charge in [0.05, 0.1) is 5.56 Å². The molecule has 1 aromatic heterocycles. The number of benzene rings is 1. The van der Waals surface area contributed by atoms with Gasteiger partial charge in [-0.15, -0.1) is 0 Å². The molecule has 158 valence electrons. The Morgan fingerprint density at radius 1 is 1.17 bits per heavy atom. The van der Waals surface area contributed by atoms with Crippen LogP contribution >= 0.6 is 0 Å². The second-order valence-electron chi connectivity index (χ2n) is 7.92. The van der Waals surface area contributed by atoms with E-state index in [0.717, 1.165) is 67.1 Å². The van der Waals surface area contributed by atoms with Crippen LogP contribution in [0.2, 0.25) is 0 Å². The van der Waals surface area contributed by atoms with Gasteiger partial charge in [0.25, 0.3) is 5.91 Å². The quantitative estimate of drug-likeness (QED) is 0.699. The topological polar surface area (TPSA) is 69.7 Å². The summed E-state index contributed by atoms with van der Waals surface area (Å²) in [4.78, 5) is 14.7. The van der Waals surface area contributed by atoms with E-state index < -0.39 is 0 Å². The predicted molar refractivity (Wildman–Crippen MR) is 116 cm³/mol. The van der Waals surface area contributed by atoms with E-state index in [4.69, 9.17) is 15.2 Å². The lowest BCUT2D eigenvalue weighted by molar-refractivity contribution is 0.1000. The fraction of sp³-hybridized carbons (Fsp3) is 0.522. The molecule has 1 aromatic carbocycles. The first-order chi connectivity index (χ1) is 13.9. The molecule has 0 atom stereocenters. The maximum absolute atomic E-state index is 12.5. The largest absolute Gasteiger partial charge is 0.486 e. The van der Waals surface area contributed by atoms with Crippen LogP contribution in [0.1, 0.15) is 47.9 Å². The number of hydrogen-bond donors (Lipinski definition) is 1. The monoisotopic (exact) mass is 399 g/mol. The van der Waals surface area contributed by atoms with E-state index in [1.807, 2.05) is 25.1 Å². The Morgan fingerprint density at radius 3 is 2.55 bits per heavy atom. The highest BCUT2D eigenvalue weighted by atomic mass is 16.6. The summed E-state index contributed by atoms with van der Waals surface area (Å²) in [5.41, 5.74) is 10.5. The van der Waals surface area contributed by atoms with E-state index in [-0.39, 0.29) is 5.91 Å². The molecule has 0 fully saturated rings. The third-order valence-electron chi connectivity index (χ3n) is 5.46. The molecular formula is C23H33N3O3. The summed E-state index contributed by atoms with van der Waals surface area (Å²) in [6.07, 6.45) is 4.08. The van der Waals surface area contributed by atoms with Crippen molar-refractivity contribution in [2.45, 2.75) is 46.1 Å². The highest BCUT2D eigenvalue weighted by Gasteiger charge is 2.25. The molecule has 0 saturated heterocycles. The van der Waals surface area contributed by atoms with Crippen LogP contribution in [0, 0.1) is 6.92 Å². The highest BCUT2D eigenvalue weighted by molar-refractivity contribution is 6.02. The molecule has 1 aliphatic heterocycles. The highest BCUT2D eigenvalue weighted by Crippen LogP contribution is 2.39. The van der Waals surface area contributed by atoms with Gasteiger partial charge in [0.2, 0.25) is 0 Å². The SMILES string of the molecule is CCCCc1c(-c2ccc3c(c2)OCCO3)c(C(N)=O)c(C)n1CCCN(C)C. The van der Waals surface area contributed by atoms with Gasteiger partial charge in [0.15, 0.2) is 11.5 Å². The Balaban J connectivity index is 2.11. The molecule has 6 heteroatoms. The zero-order valence-electron chi connectivity index (χ0n) is 18.1. The summed E-state index contributed by atoms with van der Waals surface area (Å²) in [5.74, 6) is 1.10. The minimum Gasteiger partial charge on any atom is -0.486 e. The molecule has 6 nitrogen and oxygen atoms in total. The Bertz CT molecular complexity index is 871. The Morgan fingerprint density at radius 2 is 1.90 bits per heavy atom. The van der Waals surface area contributed by atoms with Gasteiger partial charge in [-0.05, 0) is 64.5 Å². The van der Waals surface area contributed by atoms with Crippen LogP contribution in [-0.4, -0.2) is 49.2 Å². The second kappa shape index (κ2) is 9.35. The van der Waals surface area contributed by atoms with E-state index in [2.05, 4.69) is 30.5 Å². The summed E-state index contributed by atoms with van der Waals surface area (Å²) in [5, 5.41) is 0. The first-order valence-electron chi connectivity index (χ1n) is 10.5. The fourth-order valence-electron chi connectivity index (χ4n) is 4.06. The van der Waals surface area contributed by atoms with Crippen molar-refractivity contribution in [2.75, 3.05) is 33.9 Å². The second-order valence-corrected chi connectivity index (χ2v) is 7.92. The number of amides is 1. The first-order valence-corrected chi connectivity index (χ1v) is 10.5. The fourth-order valence-corrected chi connectivity index (χ4v) is 4.06. The molecule has 0 bridgehead atoms. The maximum Gasteiger partial charge on any atom is 0.251 e. The van der Waals surface area contributed by atoms with Crippen molar-refractivity contribution in [3.8, 4) is 22.6 Å². The van der Waals surface area contributed by atoms with Gasteiger partial charge in [0.1, 0.15) is 13.2 Å². The summed E-state index contributed by atoms with van der Waals surface area (Å²) < 4.78 is 13.7. The van der Waals surface area contributed by atoms with Crippen LogP contribution in [0.5, 0.6) is 11.5 Å². The molecule has 0 aliphatic carbocycles. The predicted octanol–water partition coefficient (Wildman–Crippen LogP) is 3.63. The van der Waals surface area contributed by atoms with Crippen LogP contribution in [0.4, 0.5) is 0 Å². The molecule has 0 spiro atoms. The molecule has 2 N–H and O–H groups in total. The molecule has 0 radical (unpaired) electrons. The number of hydrogen-bond acceptors (Lipinski definition) is 4. The van der Waals surface area contributed by atoms with Gasteiger partial charge in [-0.25, -0.2) is 0 Å². The Kier molecular flexibility index (Phi) is 6.85. The third kappa shape index (κ3) is 4.58. The third-order valence-corrected chi connectivity index (χ3v) is 5.46. The van der Waals surface area contributed by atoms with Crippen molar-refractivity contribution >= 4 is 5.91 Å². The number of aromatic nitrogens is 1. The number of carbonyl (C=O) groups excluding carboxylic acids is 1. The molecule has 0 unspecified atom stereocenters. The summed E-state index contributed by atoms with van der Waals surface area (Å²) in [6, 6.07) is 5.92. The van der Waals surface area contributed by atoms with Crippen molar-refractivity contribution in [1.82, 2.24) is 9.47 Å². The average molecular weight is 400 g/mol. The Labute approximate surface area is 173 Å². The van der Waals surface area contributed by atoms with Gasteiger partial charge in [-0.3, -0.25) is 4.79 Å². The number of unbranched alkanes of at least 4 members (excludes halogenated alkanes) is 1. The van der Waals surface area contributed by atoms with Gasteiger partial charge < -0.3 is 24.7 Å². The first kappa shape index (κ1) is 21.2. The summed E-state index contributed by atoms with van der Waals surface area (Å²) in [6.45, 7) is 7.15. The van der Waals surface area contributed by atoms with Gasteiger partial charge >= 0.3 is 0 Å². The van der Waals surface area contributed by atoms with Gasteiger partial charge in [-0.1, -0.05) is 19.4 Å². The number of rotatable bonds is 9. The van der Waals surface area contributed by atoms with Crippen LogP contribution in [0.25, 0.3) is 11.1 Å². The molecule has 0 saturated carbocycles. The van der Waals surface area contributed by atoms with Crippen molar-refractivity contribution in [2.24, 2.45) is 5.73 Å². The molecule has 1 amide bonds. The number of fused-ring (bicyclic) bond motifs is 1. The maximum atomic E-state index is 12.5. The lowest BCUT2D eigenvalue weighted by Gasteiger charge is -2.19. The lowest BCUT2D eigenvalue weighted by Crippen LogP contribution is -2.17. The van der Waals surface area contributed by atoms with E-state index in [9.17, 15) is 4.79 Å². The van der Waals surface area contributed by atoms with Crippen LogP contribution in [0.3, 0.4) is 0 Å². The molecule has 1 aliphatic rings. The van der Waals surface area contributed by atoms with E-state index in [1.165, 1.54) is 5.69 Å². The van der Waals surface area contributed by atoms with Crippen molar-refractivity contribution < 1.29 is 14.3 Å². The van der Waals surface area contributed by atoms with Gasteiger partial charge in [0, 0.05) is 23.5 Å². The van der Waals surface area contributed by atoms with Crippen molar-refractivity contribution in [3.05, 3.63) is 35.2 Å². The standard InChI is InChI=1S/C23H33N3O3/c1-5-6-8-18-22(17-9-10-19-20(15-17)29-14-13-28-19)21(23(24)27)16(2)26(18)12-7-11-25(3)4/h9-10,15H,5-8,11-14H2,1-4H3,(H2,24,27). The van der Waals surface area contributed by atoms with E-state index in [1.54, 1.807) is 0 Å². The normalized spacial score (nSPS) is 13.1. The number of carbonyl (C=O) groups is 1. The molecular weight excluding hydrogens is 366 g/mol. The summed E-state index contributed by atoms with van der Waals surface area (Å²) in [7, 11) is 4.16. The minimum atomic E-state index is -0.378.